The van der Waals surface area contributed by atoms with Crippen LogP contribution in [0.15, 0.2) is 6.20 Å². The number of hydrogen-bond donors (Lipinski definition) is 1. The minimum absolute atomic E-state index is 0.0146. The van der Waals surface area contributed by atoms with Gasteiger partial charge in [0.25, 0.3) is 5.91 Å². The third-order valence-corrected chi connectivity index (χ3v) is 6.33. The summed E-state index contributed by atoms with van der Waals surface area (Å²) in [7, 11) is 1.61. The lowest BCUT2D eigenvalue weighted by Crippen LogP contribution is -2.45. The van der Waals surface area contributed by atoms with E-state index < -0.39 is 5.91 Å². The second-order valence-electron chi connectivity index (χ2n) is 8.58. The molecule has 2 aromatic rings. The molecule has 2 N–H and O–H groups in total. The van der Waals surface area contributed by atoms with E-state index in [0.29, 0.717) is 50.3 Å². The van der Waals surface area contributed by atoms with Crippen LogP contribution in [0.25, 0.3) is 5.65 Å². The number of piperidine rings is 1. The largest absolute Gasteiger partial charge is 0.466 e. The molecule has 2 aromatic heterocycles. The molecule has 184 valence electrons. The topological polar surface area (TPSA) is 140 Å². The van der Waals surface area contributed by atoms with Gasteiger partial charge in [-0.2, -0.15) is 5.10 Å². The first kappa shape index (κ1) is 25.1. The third-order valence-electron chi connectivity index (χ3n) is 6.33. The first-order valence-electron chi connectivity index (χ1n) is 11.5. The van der Waals surface area contributed by atoms with Crippen molar-refractivity contribution in [3.05, 3.63) is 28.7 Å². The van der Waals surface area contributed by atoms with Crippen LogP contribution in [-0.4, -0.2) is 81.4 Å². The van der Waals surface area contributed by atoms with Crippen molar-refractivity contribution >= 4 is 29.3 Å². The van der Waals surface area contributed by atoms with E-state index >= 15 is 0 Å². The highest BCUT2D eigenvalue weighted by Crippen LogP contribution is 2.20. The van der Waals surface area contributed by atoms with E-state index in [1.165, 1.54) is 11.1 Å². The lowest BCUT2D eigenvalue weighted by Gasteiger charge is -2.32. The molecular formula is C23H32N6O5. The van der Waals surface area contributed by atoms with Crippen LogP contribution in [0.4, 0.5) is 0 Å². The number of nitrogens with zero attached hydrogens (tertiary/aromatic N) is 5. The minimum Gasteiger partial charge on any atom is -0.466 e. The smallest absolute Gasteiger partial charge is 0.309 e. The summed E-state index contributed by atoms with van der Waals surface area (Å²) in [6.45, 7) is 6.74. The third kappa shape index (κ3) is 5.35. The van der Waals surface area contributed by atoms with Gasteiger partial charge in [0.2, 0.25) is 11.8 Å². The number of amides is 3. The number of esters is 1. The summed E-state index contributed by atoms with van der Waals surface area (Å²) in [5, 5.41) is 4.20. The molecule has 1 aliphatic rings. The number of carbonyl (C=O) groups is 4. The van der Waals surface area contributed by atoms with E-state index in [0.717, 1.165) is 11.3 Å². The van der Waals surface area contributed by atoms with Crippen molar-refractivity contribution in [1.29, 1.82) is 0 Å². The maximum atomic E-state index is 12.7. The van der Waals surface area contributed by atoms with Crippen molar-refractivity contribution in [3.63, 3.8) is 0 Å². The van der Waals surface area contributed by atoms with Gasteiger partial charge in [-0.05, 0) is 45.6 Å². The molecule has 0 bridgehead atoms. The van der Waals surface area contributed by atoms with Crippen molar-refractivity contribution in [3.8, 4) is 0 Å². The van der Waals surface area contributed by atoms with Crippen LogP contribution in [0.1, 0.15) is 53.5 Å². The average Bonchev–Trinajstić information content (AvgIpc) is 3.23. The van der Waals surface area contributed by atoms with Crippen LogP contribution in [0, 0.1) is 19.8 Å². The SMILES string of the molecule is CCOC(=O)C1CCN(C(=O)CN(C)C(=O)CCc2c(C)nc3c(C(N)=O)cnn3c2C)CC1. The van der Waals surface area contributed by atoms with E-state index in [1.807, 2.05) is 13.8 Å². The normalized spacial score (nSPS) is 14.3. The molecule has 1 aliphatic heterocycles. The quantitative estimate of drug-likeness (QED) is 0.556. The van der Waals surface area contributed by atoms with E-state index in [2.05, 4.69) is 10.1 Å². The van der Waals surface area contributed by atoms with Crippen molar-refractivity contribution in [2.75, 3.05) is 33.3 Å². The number of aromatic nitrogens is 3. The molecule has 3 amide bonds. The summed E-state index contributed by atoms with van der Waals surface area (Å²) < 4.78 is 6.62. The standard InChI is InChI=1S/C23H32N6O5/c1-5-34-23(33)16-8-10-28(11-9-16)20(31)13-27(4)19(30)7-6-17-14(2)26-22-18(21(24)32)12-25-29(22)15(17)3/h12,16H,5-11,13H2,1-4H3,(H2,24,32). The van der Waals surface area contributed by atoms with Crippen LogP contribution in [0.2, 0.25) is 0 Å². The molecule has 3 heterocycles. The van der Waals surface area contributed by atoms with Gasteiger partial charge in [-0.1, -0.05) is 0 Å². The number of nitrogens with two attached hydrogens (primary N) is 1. The van der Waals surface area contributed by atoms with Crippen LogP contribution in [0.3, 0.4) is 0 Å². The fraction of sp³-hybridized carbons (Fsp3) is 0.565. The Labute approximate surface area is 198 Å². The van der Waals surface area contributed by atoms with Gasteiger partial charge in [0.05, 0.1) is 25.3 Å². The summed E-state index contributed by atoms with van der Waals surface area (Å²) in [4.78, 5) is 56.4. The van der Waals surface area contributed by atoms with Crippen molar-refractivity contribution in [1.82, 2.24) is 24.4 Å². The highest BCUT2D eigenvalue weighted by molar-refractivity contribution is 5.98. The van der Waals surface area contributed by atoms with E-state index in [1.54, 1.807) is 23.4 Å². The van der Waals surface area contributed by atoms with Crippen LogP contribution in [-0.2, 0) is 25.5 Å². The first-order valence-corrected chi connectivity index (χ1v) is 11.5. The molecule has 11 nitrogen and oxygen atoms in total. The van der Waals surface area contributed by atoms with Crippen LogP contribution < -0.4 is 5.73 Å². The Morgan fingerprint density at radius 2 is 1.88 bits per heavy atom. The summed E-state index contributed by atoms with van der Waals surface area (Å²) in [5.74, 6) is -1.27. The van der Waals surface area contributed by atoms with Gasteiger partial charge in [0.1, 0.15) is 5.56 Å². The lowest BCUT2D eigenvalue weighted by atomic mass is 9.97. The predicted octanol–water partition coefficient (Wildman–Crippen LogP) is 0.638. The van der Waals surface area contributed by atoms with Crippen molar-refractivity contribution < 1.29 is 23.9 Å². The van der Waals surface area contributed by atoms with E-state index in [9.17, 15) is 19.2 Å². The van der Waals surface area contributed by atoms with Crippen LogP contribution >= 0.6 is 0 Å². The van der Waals surface area contributed by atoms with Crippen molar-refractivity contribution in [2.45, 2.75) is 46.5 Å². The van der Waals surface area contributed by atoms with E-state index in [-0.39, 0.29) is 42.2 Å². The zero-order chi connectivity index (χ0) is 25.0. The number of carbonyl (C=O) groups excluding carboxylic acids is 4. The lowest BCUT2D eigenvalue weighted by molar-refractivity contribution is -0.151. The van der Waals surface area contributed by atoms with Crippen molar-refractivity contribution in [2.24, 2.45) is 11.7 Å². The molecule has 0 radical (unpaired) electrons. The molecule has 0 aromatic carbocycles. The average molecular weight is 473 g/mol. The molecule has 0 aliphatic carbocycles. The number of fused-ring (bicyclic) bond motifs is 1. The summed E-state index contributed by atoms with van der Waals surface area (Å²) in [5.41, 5.74) is 8.37. The van der Waals surface area contributed by atoms with Gasteiger partial charge in [0.15, 0.2) is 5.65 Å². The molecule has 34 heavy (non-hydrogen) atoms. The molecule has 1 fully saturated rings. The number of likely N-dealkylation sites (tertiary alicyclic amines) is 1. The molecule has 11 heteroatoms. The maximum Gasteiger partial charge on any atom is 0.309 e. The minimum atomic E-state index is -0.597. The Morgan fingerprint density at radius 3 is 2.50 bits per heavy atom. The van der Waals surface area contributed by atoms with Gasteiger partial charge < -0.3 is 20.3 Å². The Bertz CT molecular complexity index is 1100. The second-order valence-corrected chi connectivity index (χ2v) is 8.58. The Balaban J connectivity index is 1.55. The number of rotatable bonds is 8. The Hall–Kier alpha value is -3.50. The fourth-order valence-electron chi connectivity index (χ4n) is 4.29. The number of aryl methyl sites for hydroxylation is 2. The van der Waals surface area contributed by atoms with Gasteiger partial charge >= 0.3 is 5.97 Å². The molecule has 1 saturated heterocycles. The molecule has 0 atom stereocenters. The molecular weight excluding hydrogens is 440 g/mol. The Morgan fingerprint density at radius 1 is 1.21 bits per heavy atom. The second kappa shape index (κ2) is 10.6. The predicted molar refractivity (Wildman–Crippen MR) is 123 cm³/mol. The highest BCUT2D eigenvalue weighted by atomic mass is 16.5. The summed E-state index contributed by atoms with van der Waals surface area (Å²) in [6, 6.07) is 0. The van der Waals surface area contributed by atoms with Gasteiger partial charge in [-0.3, -0.25) is 19.2 Å². The summed E-state index contributed by atoms with van der Waals surface area (Å²) >= 11 is 0. The first-order chi connectivity index (χ1) is 16.1. The van der Waals surface area contributed by atoms with Gasteiger partial charge in [0, 0.05) is 37.9 Å². The fourth-order valence-corrected chi connectivity index (χ4v) is 4.29. The number of hydrogen-bond acceptors (Lipinski definition) is 7. The molecule has 0 spiro atoms. The van der Waals surface area contributed by atoms with Crippen LogP contribution in [0.5, 0.6) is 0 Å². The Kier molecular flexibility index (Phi) is 7.85. The number of likely N-dealkylation sites (N-methyl/N-ethyl adjacent to an activating group) is 1. The van der Waals surface area contributed by atoms with Gasteiger partial charge in [-0.25, -0.2) is 9.50 Å². The molecule has 3 rings (SSSR count). The van der Waals surface area contributed by atoms with Gasteiger partial charge in [-0.15, -0.1) is 0 Å². The molecule has 0 unspecified atom stereocenters. The summed E-state index contributed by atoms with van der Waals surface area (Å²) in [6.07, 6.45) is 3.16. The zero-order valence-electron chi connectivity index (χ0n) is 20.2. The molecule has 0 saturated carbocycles. The number of ether oxygens (including phenoxy) is 1. The van der Waals surface area contributed by atoms with E-state index in [4.69, 9.17) is 10.5 Å². The zero-order valence-corrected chi connectivity index (χ0v) is 20.2. The highest BCUT2D eigenvalue weighted by Gasteiger charge is 2.29. The number of primary amides is 1. The monoisotopic (exact) mass is 472 g/mol. The maximum absolute atomic E-state index is 12.7.